The molecule has 0 unspecified atom stereocenters. The quantitative estimate of drug-likeness (QED) is 0.364. The van der Waals surface area contributed by atoms with Gasteiger partial charge in [-0.15, -0.1) is 0 Å². The van der Waals surface area contributed by atoms with E-state index < -0.39 is 11.9 Å². The number of benzene rings is 2. The average molecular weight is 388 g/mol. The summed E-state index contributed by atoms with van der Waals surface area (Å²) in [6, 6.07) is 12.2. The van der Waals surface area contributed by atoms with Crippen LogP contribution >= 0.6 is 12.3 Å². The zero-order valence-electron chi connectivity index (χ0n) is 15.1. The molecule has 2 aromatic rings. The fourth-order valence-electron chi connectivity index (χ4n) is 2.21. The van der Waals surface area contributed by atoms with Crippen molar-refractivity contribution in [1.29, 1.82) is 0 Å². The highest BCUT2D eigenvalue weighted by Gasteiger charge is 2.09. The fourth-order valence-corrected chi connectivity index (χ4v) is 2.57. The van der Waals surface area contributed by atoms with Crippen molar-refractivity contribution in [3.8, 4) is 11.5 Å². The third-order valence-corrected chi connectivity index (χ3v) is 4.08. The van der Waals surface area contributed by atoms with Gasteiger partial charge in [0.2, 0.25) is 0 Å². The second-order valence-corrected chi connectivity index (χ2v) is 5.94. The van der Waals surface area contributed by atoms with Crippen molar-refractivity contribution in [3.05, 3.63) is 71.8 Å². The highest BCUT2D eigenvalue weighted by Crippen LogP contribution is 2.20. The first-order chi connectivity index (χ1) is 13.0. The summed E-state index contributed by atoms with van der Waals surface area (Å²) in [6.45, 7) is 5.51. The molecular formula is C20H20O6S. The second-order valence-electron chi connectivity index (χ2n) is 5.47. The molecule has 27 heavy (non-hydrogen) atoms. The van der Waals surface area contributed by atoms with Gasteiger partial charge in [-0.25, -0.2) is 9.59 Å². The topological polar surface area (TPSA) is 71.1 Å². The molecule has 0 heterocycles. The second kappa shape index (κ2) is 10.3. The summed E-state index contributed by atoms with van der Waals surface area (Å²) < 4.78 is 20.3. The van der Waals surface area contributed by atoms with Crippen LogP contribution in [0, 0.1) is 6.92 Å². The highest BCUT2D eigenvalue weighted by atomic mass is 32.2. The van der Waals surface area contributed by atoms with E-state index in [-0.39, 0.29) is 6.61 Å². The Hall–Kier alpha value is -2.93. The van der Waals surface area contributed by atoms with Gasteiger partial charge in [0, 0.05) is 12.5 Å². The Kier molecular flexibility index (Phi) is 7.76. The monoisotopic (exact) mass is 388 g/mol. The molecule has 0 amide bonds. The molecule has 0 aliphatic heterocycles. The fraction of sp³-hybridized carbons (Fsp3) is 0.200. The molecule has 142 valence electrons. The van der Waals surface area contributed by atoms with Crippen LogP contribution in [0.25, 0.3) is 0 Å². The maximum atomic E-state index is 12.1. The number of ether oxygens (including phenoxy) is 2. The lowest BCUT2D eigenvalue weighted by molar-refractivity contribution is -0.127. The standard InChI is InChI=1S/C20H20O6S/c1-4-19(21)26-27-25-17-8-6-16(7-9-17)20(22)24-12-11-15-5-10-18(23-3)14(2)13-15/h4-10,13H,1,11-12H2,2-3H3. The van der Waals surface area contributed by atoms with E-state index in [0.29, 0.717) is 30.1 Å². The lowest BCUT2D eigenvalue weighted by Crippen LogP contribution is -2.08. The zero-order valence-corrected chi connectivity index (χ0v) is 15.9. The number of aryl methyl sites for hydroxylation is 1. The molecule has 0 saturated heterocycles. The van der Waals surface area contributed by atoms with Crippen molar-refractivity contribution < 1.29 is 27.4 Å². The van der Waals surface area contributed by atoms with Gasteiger partial charge < -0.3 is 17.8 Å². The molecule has 0 aromatic heterocycles. The number of hydrogen-bond donors (Lipinski definition) is 0. The van der Waals surface area contributed by atoms with Crippen molar-refractivity contribution in [3.63, 3.8) is 0 Å². The first-order valence-electron chi connectivity index (χ1n) is 8.11. The molecule has 7 heteroatoms. The van der Waals surface area contributed by atoms with Crippen LogP contribution in [0.15, 0.2) is 55.1 Å². The van der Waals surface area contributed by atoms with E-state index in [1.165, 1.54) is 0 Å². The van der Waals surface area contributed by atoms with Gasteiger partial charge in [-0.05, 0) is 48.4 Å². The van der Waals surface area contributed by atoms with Crippen molar-refractivity contribution in [1.82, 2.24) is 0 Å². The van der Waals surface area contributed by atoms with Gasteiger partial charge in [-0.3, -0.25) is 0 Å². The van der Waals surface area contributed by atoms with Gasteiger partial charge in [0.1, 0.15) is 11.5 Å². The molecule has 2 aromatic carbocycles. The molecule has 0 aliphatic rings. The molecule has 0 bridgehead atoms. The van der Waals surface area contributed by atoms with E-state index in [1.54, 1.807) is 31.4 Å². The van der Waals surface area contributed by atoms with Gasteiger partial charge in [-0.2, -0.15) is 0 Å². The normalized spacial score (nSPS) is 10.0. The number of carbonyl (C=O) groups excluding carboxylic acids is 2. The van der Waals surface area contributed by atoms with E-state index in [9.17, 15) is 9.59 Å². The molecular weight excluding hydrogens is 368 g/mol. The molecule has 6 nitrogen and oxygen atoms in total. The van der Waals surface area contributed by atoms with Gasteiger partial charge in [0.15, 0.2) is 0 Å². The Morgan fingerprint density at radius 1 is 1.15 bits per heavy atom. The van der Waals surface area contributed by atoms with Crippen molar-refractivity contribution in [2.75, 3.05) is 13.7 Å². The molecule has 0 fully saturated rings. The minimum atomic E-state index is -0.604. The molecule has 0 N–H and O–H groups in total. The van der Waals surface area contributed by atoms with Gasteiger partial charge >= 0.3 is 11.9 Å². The van der Waals surface area contributed by atoms with Crippen LogP contribution in [0.2, 0.25) is 0 Å². The van der Waals surface area contributed by atoms with Crippen LogP contribution in [-0.4, -0.2) is 25.7 Å². The van der Waals surface area contributed by atoms with Crippen LogP contribution in [0.1, 0.15) is 21.5 Å². The number of carbonyl (C=O) groups is 2. The Morgan fingerprint density at radius 3 is 2.52 bits per heavy atom. The first kappa shape index (κ1) is 20.4. The van der Waals surface area contributed by atoms with Crippen LogP contribution in [0.5, 0.6) is 11.5 Å². The summed E-state index contributed by atoms with van der Waals surface area (Å²) >= 11 is 0.523. The Labute approximate surface area is 162 Å². The number of rotatable bonds is 9. The van der Waals surface area contributed by atoms with Gasteiger partial charge in [0.05, 0.1) is 19.3 Å². The lowest BCUT2D eigenvalue weighted by atomic mass is 10.1. The summed E-state index contributed by atoms with van der Waals surface area (Å²) in [5, 5.41) is 0. The Morgan fingerprint density at radius 2 is 1.89 bits per heavy atom. The maximum absolute atomic E-state index is 12.1. The number of methoxy groups -OCH3 is 1. The van der Waals surface area contributed by atoms with Crippen molar-refractivity contribution >= 4 is 24.3 Å². The van der Waals surface area contributed by atoms with Gasteiger partial charge in [-0.1, -0.05) is 18.7 Å². The van der Waals surface area contributed by atoms with E-state index >= 15 is 0 Å². The summed E-state index contributed by atoms with van der Waals surface area (Å²) in [5.41, 5.74) is 2.51. The van der Waals surface area contributed by atoms with Crippen LogP contribution in [-0.2, 0) is 20.1 Å². The van der Waals surface area contributed by atoms with E-state index in [4.69, 9.17) is 13.7 Å². The smallest absolute Gasteiger partial charge is 0.344 e. The van der Waals surface area contributed by atoms with Crippen molar-refractivity contribution in [2.24, 2.45) is 0 Å². The van der Waals surface area contributed by atoms with Crippen LogP contribution in [0.3, 0.4) is 0 Å². The summed E-state index contributed by atoms with van der Waals surface area (Å²) in [7, 11) is 1.63. The molecule has 0 radical (unpaired) electrons. The molecule has 0 saturated carbocycles. The number of esters is 1. The third-order valence-electron chi connectivity index (χ3n) is 3.59. The molecule has 0 atom stereocenters. The third kappa shape index (κ3) is 6.38. The van der Waals surface area contributed by atoms with Crippen LogP contribution < -0.4 is 8.92 Å². The van der Waals surface area contributed by atoms with Gasteiger partial charge in [0.25, 0.3) is 12.3 Å². The SMILES string of the molecule is C=CC(=O)OSOc1ccc(C(=O)OCCc2ccc(OC)c(C)c2)cc1. The van der Waals surface area contributed by atoms with Crippen molar-refractivity contribution in [2.45, 2.75) is 13.3 Å². The summed E-state index contributed by atoms with van der Waals surface area (Å²) in [4.78, 5) is 23.0. The first-order valence-corrected chi connectivity index (χ1v) is 8.78. The Balaban J connectivity index is 1.79. The van der Waals surface area contributed by atoms with E-state index in [2.05, 4.69) is 10.8 Å². The summed E-state index contributed by atoms with van der Waals surface area (Å²) in [6.07, 6.45) is 1.64. The molecule has 0 aliphatic carbocycles. The molecule has 0 spiro atoms. The lowest BCUT2D eigenvalue weighted by Gasteiger charge is -2.08. The predicted octanol–water partition coefficient (Wildman–Crippen LogP) is 4.07. The summed E-state index contributed by atoms with van der Waals surface area (Å²) in [5.74, 6) is 0.238. The molecule has 2 rings (SSSR count). The van der Waals surface area contributed by atoms with E-state index in [0.717, 1.165) is 23.0 Å². The predicted molar refractivity (Wildman–Crippen MR) is 103 cm³/mol. The zero-order chi connectivity index (χ0) is 19.6. The van der Waals surface area contributed by atoms with E-state index in [1.807, 2.05) is 25.1 Å². The highest BCUT2D eigenvalue weighted by molar-refractivity contribution is 7.90. The Bertz CT molecular complexity index is 801. The number of hydrogen-bond acceptors (Lipinski definition) is 7. The largest absolute Gasteiger partial charge is 0.496 e. The minimum Gasteiger partial charge on any atom is -0.496 e. The maximum Gasteiger partial charge on any atom is 0.344 e. The average Bonchev–Trinajstić information content (AvgIpc) is 2.68. The van der Waals surface area contributed by atoms with Crippen LogP contribution in [0.4, 0.5) is 0 Å². The minimum absolute atomic E-state index is 0.274.